The van der Waals surface area contributed by atoms with E-state index in [1.54, 1.807) is 6.33 Å². The number of nitrogens with zero attached hydrogens (tertiary/aromatic N) is 3. The Morgan fingerprint density at radius 3 is 2.95 bits per heavy atom. The molecular formula is C15H14BrIN4. The fraction of sp³-hybridized carbons (Fsp3) is 0.200. The van der Waals surface area contributed by atoms with Gasteiger partial charge in [-0.2, -0.15) is 0 Å². The van der Waals surface area contributed by atoms with Gasteiger partial charge in [0, 0.05) is 35.7 Å². The Morgan fingerprint density at radius 1 is 1.29 bits per heavy atom. The molecule has 0 fully saturated rings. The number of rotatable bonds is 4. The lowest BCUT2D eigenvalue weighted by atomic mass is 10.1. The Bertz CT molecular complexity index is 784. The molecule has 0 amide bonds. The van der Waals surface area contributed by atoms with Crippen LogP contribution < -0.4 is 5.32 Å². The third kappa shape index (κ3) is 3.21. The van der Waals surface area contributed by atoms with Crippen molar-refractivity contribution in [1.29, 1.82) is 0 Å². The van der Waals surface area contributed by atoms with E-state index in [9.17, 15) is 0 Å². The Labute approximate surface area is 145 Å². The minimum absolute atomic E-state index is 0.842. The maximum Gasteiger partial charge on any atom is 0.130 e. The number of aromatic nitrogens is 3. The van der Waals surface area contributed by atoms with E-state index in [1.807, 2.05) is 6.07 Å². The molecule has 2 aromatic heterocycles. The van der Waals surface area contributed by atoms with Crippen molar-refractivity contribution in [2.45, 2.75) is 6.42 Å². The minimum Gasteiger partial charge on any atom is -0.370 e. The Hall–Kier alpha value is -1.15. The third-order valence-corrected chi connectivity index (χ3v) is 4.68. The molecule has 0 spiro atoms. The van der Waals surface area contributed by atoms with Gasteiger partial charge in [-0.25, -0.2) is 9.97 Å². The molecule has 0 atom stereocenters. The Kier molecular flexibility index (Phi) is 4.44. The first-order valence-electron chi connectivity index (χ1n) is 6.59. The normalized spacial score (nSPS) is 11.0. The van der Waals surface area contributed by atoms with Gasteiger partial charge >= 0.3 is 0 Å². The second-order valence-electron chi connectivity index (χ2n) is 4.80. The number of halogens is 2. The monoisotopic (exact) mass is 456 g/mol. The van der Waals surface area contributed by atoms with E-state index >= 15 is 0 Å². The lowest BCUT2D eigenvalue weighted by molar-refractivity contribution is 0.940. The van der Waals surface area contributed by atoms with E-state index in [2.05, 4.69) is 89.8 Å². The predicted molar refractivity (Wildman–Crippen MR) is 97.6 cm³/mol. The first-order valence-corrected chi connectivity index (χ1v) is 8.46. The van der Waals surface area contributed by atoms with Crippen LogP contribution in [0.5, 0.6) is 0 Å². The summed E-state index contributed by atoms with van der Waals surface area (Å²) in [6, 6.07) is 8.38. The number of hydrogen-bond donors (Lipinski definition) is 1. The van der Waals surface area contributed by atoms with E-state index in [1.165, 1.54) is 16.5 Å². The number of hydrogen-bond acceptors (Lipinski definition) is 3. The maximum absolute atomic E-state index is 4.22. The smallest absolute Gasteiger partial charge is 0.130 e. The van der Waals surface area contributed by atoms with Crippen molar-refractivity contribution < 1.29 is 0 Å². The summed E-state index contributed by atoms with van der Waals surface area (Å²) < 4.78 is 4.25. The van der Waals surface area contributed by atoms with Crippen LogP contribution in [0.25, 0.3) is 10.9 Å². The number of fused-ring (bicyclic) bond motifs is 1. The van der Waals surface area contributed by atoms with Gasteiger partial charge < -0.3 is 9.88 Å². The molecule has 6 heteroatoms. The van der Waals surface area contributed by atoms with Crippen molar-refractivity contribution in [1.82, 2.24) is 14.5 Å². The summed E-state index contributed by atoms with van der Waals surface area (Å²) in [5.74, 6) is 0.870. The zero-order valence-electron chi connectivity index (χ0n) is 11.5. The molecule has 0 aliphatic carbocycles. The maximum atomic E-state index is 4.22. The second-order valence-corrected chi connectivity index (χ2v) is 6.76. The first-order chi connectivity index (χ1) is 10.1. The molecule has 0 saturated carbocycles. The molecule has 0 aliphatic rings. The van der Waals surface area contributed by atoms with Gasteiger partial charge in [0.25, 0.3) is 0 Å². The highest BCUT2D eigenvalue weighted by molar-refractivity contribution is 14.1. The van der Waals surface area contributed by atoms with Crippen LogP contribution in [0, 0.1) is 3.70 Å². The fourth-order valence-corrected chi connectivity index (χ4v) is 3.29. The van der Waals surface area contributed by atoms with Gasteiger partial charge in [0.2, 0.25) is 0 Å². The van der Waals surface area contributed by atoms with Gasteiger partial charge in [0.15, 0.2) is 0 Å². The molecule has 108 valence electrons. The second kappa shape index (κ2) is 6.31. The average molecular weight is 457 g/mol. The predicted octanol–water partition coefficient (Wildman–Crippen LogP) is 3.99. The standard InChI is InChI=1S/C15H14BrIN4/c1-21-7-5-11-12(16)3-2-10(15(11)21)4-6-18-14-8-13(17)19-9-20-14/h2-3,5,7-9H,4,6H2,1H3,(H,18,19,20). The van der Waals surface area contributed by atoms with Crippen molar-refractivity contribution in [2.24, 2.45) is 7.05 Å². The Morgan fingerprint density at radius 2 is 2.14 bits per heavy atom. The topological polar surface area (TPSA) is 42.7 Å². The molecule has 1 N–H and O–H groups in total. The molecule has 21 heavy (non-hydrogen) atoms. The van der Waals surface area contributed by atoms with E-state index in [-0.39, 0.29) is 0 Å². The summed E-state index contributed by atoms with van der Waals surface area (Å²) >= 11 is 5.80. The number of anilines is 1. The summed E-state index contributed by atoms with van der Waals surface area (Å²) in [7, 11) is 2.08. The third-order valence-electron chi connectivity index (χ3n) is 3.40. The van der Waals surface area contributed by atoms with Crippen LogP contribution in [0.2, 0.25) is 0 Å². The van der Waals surface area contributed by atoms with Crippen molar-refractivity contribution >= 4 is 55.2 Å². The van der Waals surface area contributed by atoms with Crippen molar-refractivity contribution in [3.05, 3.63) is 50.5 Å². The van der Waals surface area contributed by atoms with E-state index in [0.29, 0.717) is 0 Å². The highest BCUT2D eigenvalue weighted by Gasteiger charge is 2.08. The SMILES string of the molecule is Cn1ccc2c(Br)ccc(CCNc3cc(I)ncn3)c21. The molecule has 0 saturated heterocycles. The van der Waals surface area contributed by atoms with Gasteiger partial charge in [-0.05, 0) is 46.7 Å². The summed E-state index contributed by atoms with van der Waals surface area (Å²) in [5, 5.41) is 4.60. The van der Waals surface area contributed by atoms with Crippen molar-refractivity contribution in [3.8, 4) is 0 Å². The highest BCUT2D eigenvalue weighted by atomic mass is 127. The number of nitrogens with one attached hydrogen (secondary N) is 1. The molecule has 3 rings (SSSR count). The molecule has 4 nitrogen and oxygen atoms in total. The molecule has 0 aliphatic heterocycles. The van der Waals surface area contributed by atoms with Gasteiger partial charge in [0.1, 0.15) is 15.8 Å². The molecule has 3 aromatic rings. The lowest BCUT2D eigenvalue weighted by Crippen LogP contribution is -2.07. The number of aryl methyl sites for hydroxylation is 1. The van der Waals surface area contributed by atoms with Crippen LogP contribution >= 0.6 is 38.5 Å². The van der Waals surface area contributed by atoms with Gasteiger partial charge in [-0.3, -0.25) is 0 Å². The first kappa shape index (κ1) is 14.8. The van der Waals surface area contributed by atoms with E-state index in [4.69, 9.17) is 0 Å². The van der Waals surface area contributed by atoms with Crippen LogP contribution in [0.4, 0.5) is 5.82 Å². The largest absolute Gasteiger partial charge is 0.370 e. The minimum atomic E-state index is 0.842. The summed E-state index contributed by atoms with van der Waals surface area (Å²) in [6.45, 7) is 0.842. The van der Waals surface area contributed by atoms with Crippen LogP contribution in [0.1, 0.15) is 5.56 Å². The zero-order valence-corrected chi connectivity index (χ0v) is 15.2. The Balaban J connectivity index is 1.77. The summed E-state index contributed by atoms with van der Waals surface area (Å²) in [5.41, 5.74) is 2.61. The van der Waals surface area contributed by atoms with E-state index in [0.717, 1.165) is 27.0 Å². The molecule has 0 radical (unpaired) electrons. The van der Waals surface area contributed by atoms with Crippen LogP contribution in [0.3, 0.4) is 0 Å². The van der Waals surface area contributed by atoms with Gasteiger partial charge in [-0.1, -0.05) is 22.0 Å². The van der Waals surface area contributed by atoms with Crippen molar-refractivity contribution in [3.63, 3.8) is 0 Å². The molecule has 0 unspecified atom stereocenters. The molecule has 0 bridgehead atoms. The average Bonchev–Trinajstić information content (AvgIpc) is 2.85. The van der Waals surface area contributed by atoms with Crippen LogP contribution in [-0.4, -0.2) is 21.1 Å². The number of benzene rings is 1. The van der Waals surface area contributed by atoms with Crippen LogP contribution in [0.15, 0.2) is 41.3 Å². The zero-order chi connectivity index (χ0) is 14.8. The summed E-state index contributed by atoms with van der Waals surface area (Å²) in [6.07, 6.45) is 4.63. The fourth-order valence-electron chi connectivity index (χ4n) is 2.42. The molecule has 2 heterocycles. The van der Waals surface area contributed by atoms with Gasteiger partial charge in [-0.15, -0.1) is 0 Å². The molecule has 1 aromatic carbocycles. The summed E-state index contributed by atoms with van der Waals surface area (Å²) in [4.78, 5) is 8.30. The van der Waals surface area contributed by atoms with Crippen molar-refractivity contribution in [2.75, 3.05) is 11.9 Å². The van der Waals surface area contributed by atoms with E-state index < -0.39 is 0 Å². The highest BCUT2D eigenvalue weighted by Crippen LogP contribution is 2.27. The molecular weight excluding hydrogens is 443 g/mol. The van der Waals surface area contributed by atoms with Gasteiger partial charge in [0.05, 0.1) is 5.52 Å². The quantitative estimate of drug-likeness (QED) is 0.476. The lowest BCUT2D eigenvalue weighted by Gasteiger charge is -2.09. The van der Waals surface area contributed by atoms with Crippen LogP contribution in [-0.2, 0) is 13.5 Å².